The number of amides is 2. The summed E-state index contributed by atoms with van der Waals surface area (Å²) < 4.78 is 68.5. The average molecular weight is 499 g/mol. The predicted octanol–water partition coefficient (Wildman–Crippen LogP) is 4.87. The van der Waals surface area contributed by atoms with Crippen molar-refractivity contribution in [3.05, 3.63) is 81.3 Å². The molecule has 1 aliphatic rings. The van der Waals surface area contributed by atoms with E-state index in [0.717, 1.165) is 12.1 Å². The average Bonchev–Trinajstić information content (AvgIpc) is 3.11. The Morgan fingerprint density at radius 2 is 1.94 bits per heavy atom. The summed E-state index contributed by atoms with van der Waals surface area (Å²) in [6.45, 7) is 1.60. The van der Waals surface area contributed by atoms with Crippen LogP contribution in [0.25, 0.3) is 0 Å². The van der Waals surface area contributed by atoms with E-state index in [2.05, 4.69) is 15.6 Å². The highest BCUT2D eigenvalue weighted by molar-refractivity contribution is 6.31. The van der Waals surface area contributed by atoms with Crippen LogP contribution in [-0.4, -0.2) is 21.4 Å². The maximum atomic E-state index is 14.0. The van der Waals surface area contributed by atoms with Crippen LogP contribution in [-0.2, 0) is 23.9 Å². The number of carbonyl (C=O) groups is 2. The van der Waals surface area contributed by atoms with Crippen molar-refractivity contribution >= 4 is 29.2 Å². The van der Waals surface area contributed by atoms with Crippen LogP contribution in [0.15, 0.2) is 36.4 Å². The smallest absolute Gasteiger partial charge is 0.342 e. The van der Waals surface area contributed by atoms with Gasteiger partial charge in [0.25, 0.3) is 5.91 Å². The molecule has 0 saturated carbocycles. The van der Waals surface area contributed by atoms with Crippen LogP contribution in [0.3, 0.4) is 0 Å². The van der Waals surface area contributed by atoms with Gasteiger partial charge < -0.3 is 15.2 Å². The van der Waals surface area contributed by atoms with Crippen molar-refractivity contribution in [3.8, 4) is 0 Å². The molecule has 2 N–H and O–H groups in total. The molecule has 0 bridgehead atoms. The van der Waals surface area contributed by atoms with Crippen LogP contribution in [0.2, 0.25) is 5.02 Å². The minimum absolute atomic E-state index is 0.0787. The molecule has 178 valence electrons. The number of halogens is 6. The molecule has 0 radical (unpaired) electrons. The van der Waals surface area contributed by atoms with Gasteiger partial charge >= 0.3 is 6.18 Å². The number of nitrogens with one attached hydrogen (secondary N) is 2. The molecule has 12 heteroatoms. The van der Waals surface area contributed by atoms with Gasteiger partial charge in [-0.05, 0) is 36.4 Å². The van der Waals surface area contributed by atoms with Crippen LogP contribution in [0.4, 0.5) is 27.8 Å². The lowest BCUT2D eigenvalue weighted by Crippen LogP contribution is -2.40. The van der Waals surface area contributed by atoms with Crippen molar-refractivity contribution in [1.29, 1.82) is 0 Å². The molecule has 2 heterocycles. The summed E-state index contributed by atoms with van der Waals surface area (Å²) in [5, 5.41) is 5.21. The molecule has 0 aliphatic carbocycles. The second kappa shape index (κ2) is 8.71. The van der Waals surface area contributed by atoms with Crippen LogP contribution < -0.4 is 10.6 Å². The molecule has 34 heavy (non-hydrogen) atoms. The molecule has 0 unspecified atom stereocenters. The Morgan fingerprint density at radius 3 is 2.62 bits per heavy atom. The molecule has 2 amide bonds. The van der Waals surface area contributed by atoms with Crippen molar-refractivity contribution in [3.63, 3.8) is 0 Å². The first-order chi connectivity index (χ1) is 16.0. The second-order valence-electron chi connectivity index (χ2n) is 7.55. The van der Waals surface area contributed by atoms with E-state index in [1.807, 2.05) is 0 Å². The number of nitrogens with zero attached hydrogens (tertiary/aromatic N) is 2. The van der Waals surface area contributed by atoms with Crippen molar-refractivity contribution in [1.82, 2.24) is 14.9 Å². The van der Waals surface area contributed by atoms with Gasteiger partial charge in [0.15, 0.2) is 5.82 Å². The minimum Gasteiger partial charge on any atom is -0.342 e. The quantitative estimate of drug-likeness (QED) is 0.504. The molecule has 3 aromatic rings. The fourth-order valence-electron chi connectivity index (χ4n) is 3.79. The molecule has 0 saturated heterocycles. The third-order valence-corrected chi connectivity index (χ3v) is 5.62. The fourth-order valence-corrected chi connectivity index (χ4v) is 4.01. The highest BCUT2D eigenvalue weighted by atomic mass is 35.5. The molecule has 1 atom stereocenters. The van der Waals surface area contributed by atoms with Crippen LogP contribution >= 0.6 is 11.6 Å². The lowest BCUT2D eigenvalue weighted by molar-refractivity contribution is -0.137. The number of alkyl halides is 3. The van der Waals surface area contributed by atoms with E-state index < -0.39 is 46.8 Å². The maximum Gasteiger partial charge on any atom is 0.416 e. The van der Waals surface area contributed by atoms with Crippen LogP contribution in [0, 0.1) is 11.6 Å². The monoisotopic (exact) mass is 498 g/mol. The van der Waals surface area contributed by atoms with Gasteiger partial charge in [0.05, 0.1) is 17.3 Å². The van der Waals surface area contributed by atoms with E-state index >= 15 is 0 Å². The zero-order chi connectivity index (χ0) is 24.8. The number of fused-ring (bicyclic) bond motifs is 1. The fraction of sp³-hybridized carbons (Fsp3) is 0.227. The zero-order valence-corrected chi connectivity index (χ0v) is 18.2. The van der Waals surface area contributed by atoms with E-state index in [1.54, 1.807) is 6.92 Å². The number of aromatic nitrogens is 2. The first-order valence-corrected chi connectivity index (χ1v) is 10.4. The van der Waals surface area contributed by atoms with E-state index in [-0.39, 0.29) is 34.7 Å². The number of aryl methyl sites for hydroxylation is 1. The Hall–Kier alpha value is -3.47. The molecular formula is C22H16ClF5N4O2. The van der Waals surface area contributed by atoms with Crippen molar-refractivity contribution in [2.75, 3.05) is 5.32 Å². The largest absolute Gasteiger partial charge is 0.416 e. The molecular weight excluding hydrogens is 483 g/mol. The molecule has 2 aromatic carbocycles. The van der Waals surface area contributed by atoms with Gasteiger partial charge in [-0.2, -0.15) is 13.2 Å². The van der Waals surface area contributed by atoms with Crippen molar-refractivity contribution in [2.45, 2.75) is 32.1 Å². The summed E-state index contributed by atoms with van der Waals surface area (Å²) in [6, 6.07) is 4.01. The standard InChI is InChI=1S/C22H16ClF5N4O2/c1-2-16-29-20(31-21(34)10-5-11(22(26,27)28)7-13(25)6-10)19-18(30-17(33)9-32(16)19)14-8-12(24)3-4-15(14)23/h3-8,18H,2,9H2,1H3,(H,30,33)(H,31,34)/t18-/m0/s1. The summed E-state index contributed by atoms with van der Waals surface area (Å²) in [7, 11) is 0. The van der Waals surface area contributed by atoms with E-state index in [9.17, 15) is 31.5 Å². The third kappa shape index (κ3) is 4.47. The molecule has 6 nitrogen and oxygen atoms in total. The number of hydrogen-bond acceptors (Lipinski definition) is 3. The summed E-state index contributed by atoms with van der Waals surface area (Å²) in [6.07, 6.45) is -4.51. The first-order valence-electron chi connectivity index (χ1n) is 10.0. The van der Waals surface area contributed by atoms with Crippen LogP contribution in [0.5, 0.6) is 0 Å². The van der Waals surface area contributed by atoms with Gasteiger partial charge in [-0.25, -0.2) is 13.8 Å². The van der Waals surface area contributed by atoms with Gasteiger partial charge in [-0.15, -0.1) is 0 Å². The Labute approximate surface area is 194 Å². The Kier molecular flexibility index (Phi) is 6.07. The van der Waals surface area contributed by atoms with E-state index in [0.29, 0.717) is 24.4 Å². The molecule has 1 aromatic heterocycles. The van der Waals surface area contributed by atoms with Gasteiger partial charge in [0, 0.05) is 22.6 Å². The Morgan fingerprint density at radius 1 is 1.21 bits per heavy atom. The maximum absolute atomic E-state index is 14.0. The highest BCUT2D eigenvalue weighted by Crippen LogP contribution is 2.36. The zero-order valence-electron chi connectivity index (χ0n) is 17.4. The van der Waals surface area contributed by atoms with Crippen molar-refractivity contribution < 1.29 is 31.5 Å². The summed E-state index contributed by atoms with van der Waals surface area (Å²) >= 11 is 6.23. The Balaban J connectivity index is 1.79. The SMILES string of the molecule is CCc1nc(NC(=O)c2cc(F)cc(C(F)(F)F)c2)c2n1CC(=O)N[C@H]2c1cc(F)ccc1Cl. The number of anilines is 1. The molecule has 1 aliphatic heterocycles. The molecule has 0 fully saturated rings. The predicted molar refractivity (Wildman–Crippen MR) is 112 cm³/mol. The second-order valence-corrected chi connectivity index (χ2v) is 7.96. The minimum atomic E-state index is -4.86. The van der Waals surface area contributed by atoms with Gasteiger partial charge in [0.1, 0.15) is 24.0 Å². The number of benzene rings is 2. The molecule has 4 rings (SSSR count). The lowest BCUT2D eigenvalue weighted by Gasteiger charge is -2.28. The first kappa shape index (κ1) is 23.7. The normalized spacial score (nSPS) is 15.6. The Bertz CT molecular complexity index is 1310. The summed E-state index contributed by atoms with van der Waals surface area (Å²) in [5.41, 5.74) is -1.45. The lowest BCUT2D eigenvalue weighted by atomic mass is 10.0. The third-order valence-electron chi connectivity index (χ3n) is 5.27. The van der Waals surface area contributed by atoms with Gasteiger partial charge in [-0.3, -0.25) is 9.59 Å². The van der Waals surface area contributed by atoms with Gasteiger partial charge in [-0.1, -0.05) is 18.5 Å². The summed E-state index contributed by atoms with van der Waals surface area (Å²) in [5.74, 6) is -3.00. The van der Waals surface area contributed by atoms with Crippen molar-refractivity contribution in [2.24, 2.45) is 0 Å². The number of hydrogen-bond donors (Lipinski definition) is 2. The topological polar surface area (TPSA) is 76.0 Å². The van der Waals surface area contributed by atoms with E-state index in [1.165, 1.54) is 10.6 Å². The highest BCUT2D eigenvalue weighted by Gasteiger charge is 2.35. The summed E-state index contributed by atoms with van der Waals surface area (Å²) in [4.78, 5) is 29.5. The number of carbonyl (C=O) groups excluding carboxylic acids is 2. The van der Waals surface area contributed by atoms with E-state index in [4.69, 9.17) is 11.6 Å². The van der Waals surface area contributed by atoms with Gasteiger partial charge in [0.2, 0.25) is 5.91 Å². The molecule has 0 spiro atoms. The van der Waals surface area contributed by atoms with Crippen LogP contribution in [0.1, 0.15) is 46.0 Å². The number of rotatable bonds is 4. The number of imidazole rings is 1.